The van der Waals surface area contributed by atoms with Crippen molar-refractivity contribution in [2.24, 2.45) is 10.5 Å². The third kappa shape index (κ3) is 2.86. The molecule has 106 valence electrons. The van der Waals surface area contributed by atoms with Crippen LogP contribution in [0.5, 0.6) is 0 Å². The Hall–Kier alpha value is -2.06. The Balaban J connectivity index is 2.02. The molecule has 3 heteroatoms. The molecule has 21 heavy (non-hydrogen) atoms. The van der Waals surface area contributed by atoms with E-state index in [1.165, 1.54) is 0 Å². The normalized spacial score (nSPS) is 16.7. The number of allylic oxidation sites excluding steroid dienone is 1. The molecule has 0 aromatic heterocycles. The van der Waals surface area contributed by atoms with E-state index in [4.69, 9.17) is 16.7 Å². The van der Waals surface area contributed by atoms with Crippen LogP contribution in [0, 0.1) is 5.41 Å². The predicted octanol–water partition coefficient (Wildman–Crippen LogP) is 5.10. The Morgan fingerprint density at radius 1 is 0.952 bits per heavy atom. The van der Waals surface area contributed by atoms with Gasteiger partial charge in [-0.05, 0) is 29.8 Å². The highest BCUT2D eigenvalue weighted by Gasteiger charge is 2.27. The maximum absolute atomic E-state index is 5.95. The lowest BCUT2D eigenvalue weighted by molar-refractivity contribution is 0.656. The van der Waals surface area contributed by atoms with Gasteiger partial charge in [0, 0.05) is 16.6 Å². The minimum atomic E-state index is -0.0930. The van der Waals surface area contributed by atoms with E-state index in [2.05, 4.69) is 32.1 Å². The summed E-state index contributed by atoms with van der Waals surface area (Å²) in [7, 11) is 0. The second-order valence-electron chi connectivity index (χ2n) is 5.67. The van der Waals surface area contributed by atoms with E-state index >= 15 is 0 Å². The molecule has 0 bridgehead atoms. The summed E-state index contributed by atoms with van der Waals surface area (Å²) >= 11 is 5.95. The topological polar surface area (TPSA) is 15.6 Å². The lowest BCUT2D eigenvalue weighted by atomic mass is 9.83. The molecule has 1 aliphatic heterocycles. The third-order valence-corrected chi connectivity index (χ3v) is 3.84. The van der Waals surface area contributed by atoms with Gasteiger partial charge in [0.15, 0.2) is 0 Å². The first-order chi connectivity index (χ1) is 10.1. The van der Waals surface area contributed by atoms with Crippen LogP contribution < -0.4 is 5.01 Å². The van der Waals surface area contributed by atoms with Crippen LogP contribution in [0.25, 0.3) is 0 Å². The molecule has 2 aromatic carbocycles. The molecule has 0 radical (unpaired) electrons. The number of hydrogen-bond donors (Lipinski definition) is 0. The van der Waals surface area contributed by atoms with Crippen LogP contribution in [-0.2, 0) is 0 Å². The molecule has 0 aliphatic carbocycles. The zero-order valence-corrected chi connectivity index (χ0v) is 12.9. The standard InChI is InChI=1S/C18H17ClN2/c1-18(2)12-13-21(16-10-8-15(19)9-11-16)20-17(18)14-6-4-3-5-7-14/h3-13H,1-2H3. The number of rotatable bonds is 2. The first kappa shape index (κ1) is 13.9. The summed E-state index contributed by atoms with van der Waals surface area (Å²) in [4.78, 5) is 0. The Bertz CT molecular complexity index is 685. The minimum Gasteiger partial charge on any atom is -0.241 e. The molecule has 0 N–H and O–H groups in total. The summed E-state index contributed by atoms with van der Waals surface area (Å²) in [6, 6.07) is 18.0. The van der Waals surface area contributed by atoms with Crippen molar-refractivity contribution in [3.63, 3.8) is 0 Å². The quantitative estimate of drug-likeness (QED) is 0.752. The molecule has 3 rings (SSSR count). The van der Waals surface area contributed by atoms with Crippen molar-refractivity contribution in [3.05, 3.63) is 77.5 Å². The molecule has 0 saturated heterocycles. The largest absolute Gasteiger partial charge is 0.241 e. The molecular formula is C18H17ClN2. The second-order valence-corrected chi connectivity index (χ2v) is 6.11. The lowest BCUT2D eigenvalue weighted by Gasteiger charge is -2.31. The summed E-state index contributed by atoms with van der Waals surface area (Å²) in [6.07, 6.45) is 4.19. The van der Waals surface area contributed by atoms with Crippen molar-refractivity contribution in [1.29, 1.82) is 0 Å². The van der Waals surface area contributed by atoms with Crippen LogP contribution >= 0.6 is 11.6 Å². The predicted molar refractivity (Wildman–Crippen MR) is 89.8 cm³/mol. The monoisotopic (exact) mass is 296 g/mol. The van der Waals surface area contributed by atoms with Gasteiger partial charge < -0.3 is 0 Å². The van der Waals surface area contributed by atoms with E-state index in [-0.39, 0.29) is 5.41 Å². The SMILES string of the molecule is CC1(C)C=CN(c2ccc(Cl)cc2)N=C1c1ccccc1. The molecule has 2 aromatic rings. The highest BCUT2D eigenvalue weighted by Crippen LogP contribution is 2.31. The number of nitrogens with zero attached hydrogens (tertiary/aromatic N) is 2. The fourth-order valence-electron chi connectivity index (χ4n) is 2.37. The van der Waals surface area contributed by atoms with Crippen LogP contribution in [0.4, 0.5) is 5.69 Å². The van der Waals surface area contributed by atoms with E-state index in [1.54, 1.807) is 0 Å². The molecule has 0 saturated carbocycles. The molecule has 1 aliphatic rings. The van der Waals surface area contributed by atoms with Gasteiger partial charge >= 0.3 is 0 Å². The number of benzene rings is 2. The van der Waals surface area contributed by atoms with Crippen molar-refractivity contribution < 1.29 is 0 Å². The first-order valence-electron chi connectivity index (χ1n) is 6.95. The van der Waals surface area contributed by atoms with Gasteiger partial charge in [-0.25, -0.2) is 5.01 Å². The highest BCUT2D eigenvalue weighted by molar-refractivity contribution is 6.30. The smallest absolute Gasteiger partial charge is 0.0780 e. The Kier molecular flexibility index (Phi) is 3.56. The third-order valence-electron chi connectivity index (χ3n) is 3.59. The van der Waals surface area contributed by atoms with Gasteiger partial charge in [0.05, 0.1) is 11.4 Å². The summed E-state index contributed by atoms with van der Waals surface area (Å²) in [5, 5.41) is 7.45. The van der Waals surface area contributed by atoms with Gasteiger partial charge in [0.2, 0.25) is 0 Å². The summed E-state index contributed by atoms with van der Waals surface area (Å²) < 4.78 is 0. The van der Waals surface area contributed by atoms with Crippen molar-refractivity contribution in [2.75, 3.05) is 5.01 Å². The van der Waals surface area contributed by atoms with Gasteiger partial charge in [0.25, 0.3) is 0 Å². The van der Waals surface area contributed by atoms with Gasteiger partial charge in [0.1, 0.15) is 0 Å². The maximum atomic E-state index is 5.95. The summed E-state index contributed by atoms with van der Waals surface area (Å²) in [5.74, 6) is 0. The van der Waals surface area contributed by atoms with Gasteiger partial charge in [-0.3, -0.25) is 0 Å². The number of hydrogen-bond acceptors (Lipinski definition) is 2. The molecule has 0 unspecified atom stereocenters. The van der Waals surface area contributed by atoms with E-state index in [1.807, 2.05) is 53.7 Å². The fraction of sp³-hybridized carbons (Fsp3) is 0.167. The first-order valence-corrected chi connectivity index (χ1v) is 7.33. The van der Waals surface area contributed by atoms with Gasteiger partial charge in [-0.15, -0.1) is 0 Å². The van der Waals surface area contributed by atoms with E-state index < -0.39 is 0 Å². The minimum absolute atomic E-state index is 0.0930. The molecule has 0 atom stereocenters. The molecule has 2 nitrogen and oxygen atoms in total. The Morgan fingerprint density at radius 3 is 2.29 bits per heavy atom. The van der Waals surface area contributed by atoms with Crippen LogP contribution in [0.1, 0.15) is 19.4 Å². The van der Waals surface area contributed by atoms with Gasteiger partial charge in [-0.1, -0.05) is 61.9 Å². The van der Waals surface area contributed by atoms with Crippen molar-refractivity contribution in [3.8, 4) is 0 Å². The number of halogens is 1. The van der Waals surface area contributed by atoms with Crippen LogP contribution in [0.15, 0.2) is 72.0 Å². The van der Waals surface area contributed by atoms with Crippen LogP contribution in [0.3, 0.4) is 0 Å². The van der Waals surface area contributed by atoms with Crippen molar-refractivity contribution in [2.45, 2.75) is 13.8 Å². The Morgan fingerprint density at radius 2 is 1.62 bits per heavy atom. The van der Waals surface area contributed by atoms with Gasteiger partial charge in [-0.2, -0.15) is 5.10 Å². The number of anilines is 1. The molecule has 1 heterocycles. The molecule has 0 spiro atoms. The second kappa shape index (κ2) is 5.38. The van der Waals surface area contributed by atoms with Crippen LogP contribution in [0.2, 0.25) is 5.02 Å². The lowest BCUT2D eigenvalue weighted by Crippen LogP contribution is -2.30. The average Bonchev–Trinajstić information content (AvgIpc) is 2.49. The van der Waals surface area contributed by atoms with Crippen molar-refractivity contribution >= 4 is 23.0 Å². The van der Waals surface area contributed by atoms with E-state index in [0.717, 1.165) is 22.0 Å². The maximum Gasteiger partial charge on any atom is 0.0780 e. The fourth-order valence-corrected chi connectivity index (χ4v) is 2.50. The number of hydrazone groups is 1. The van der Waals surface area contributed by atoms with E-state index in [0.29, 0.717) is 0 Å². The zero-order valence-electron chi connectivity index (χ0n) is 12.1. The van der Waals surface area contributed by atoms with Crippen molar-refractivity contribution in [1.82, 2.24) is 0 Å². The zero-order chi connectivity index (χ0) is 14.9. The molecule has 0 fully saturated rings. The highest BCUT2D eigenvalue weighted by atomic mass is 35.5. The molecular weight excluding hydrogens is 280 g/mol. The average molecular weight is 297 g/mol. The summed E-state index contributed by atoms with van der Waals surface area (Å²) in [5.41, 5.74) is 3.11. The van der Waals surface area contributed by atoms with Crippen LogP contribution in [-0.4, -0.2) is 5.71 Å². The Labute approximate surface area is 130 Å². The summed E-state index contributed by atoms with van der Waals surface area (Å²) in [6.45, 7) is 4.35. The van der Waals surface area contributed by atoms with E-state index in [9.17, 15) is 0 Å². The molecule has 0 amide bonds.